The number of hydrogen-bond donors (Lipinski definition) is 2. The summed E-state index contributed by atoms with van der Waals surface area (Å²) in [5, 5.41) is 6.25. The first-order valence-corrected chi connectivity index (χ1v) is 10.7. The second kappa shape index (κ2) is 8.31. The lowest BCUT2D eigenvalue weighted by Gasteiger charge is -2.47. The van der Waals surface area contributed by atoms with Crippen molar-refractivity contribution >= 4 is 11.8 Å². The molecule has 5 nitrogen and oxygen atoms in total. The molecule has 2 N–H and O–H groups in total. The van der Waals surface area contributed by atoms with Crippen LogP contribution in [0.25, 0.3) is 0 Å². The smallest absolute Gasteiger partial charge is 0.246 e. The summed E-state index contributed by atoms with van der Waals surface area (Å²) >= 11 is 0. The van der Waals surface area contributed by atoms with Crippen LogP contribution >= 0.6 is 0 Å². The highest BCUT2D eigenvalue weighted by molar-refractivity contribution is 5.92. The van der Waals surface area contributed by atoms with Gasteiger partial charge in [0, 0.05) is 38.0 Å². The third-order valence-electron chi connectivity index (χ3n) is 6.18. The SMILES string of the molecule is C=C[C@@H]1CC[C@@H](CN2Cc3ccccc3C2)[C@@](NC(C)=O)(C(=O)NC(C)(C)C)C1. The maximum Gasteiger partial charge on any atom is 0.246 e. The highest BCUT2D eigenvalue weighted by Crippen LogP contribution is 2.40. The summed E-state index contributed by atoms with van der Waals surface area (Å²) < 4.78 is 0. The Morgan fingerprint density at radius 3 is 2.34 bits per heavy atom. The molecule has 0 saturated heterocycles. The van der Waals surface area contributed by atoms with Crippen molar-refractivity contribution in [3.8, 4) is 0 Å². The molecule has 3 rings (SSSR count). The molecule has 1 heterocycles. The lowest BCUT2D eigenvalue weighted by molar-refractivity contribution is -0.139. The molecule has 158 valence electrons. The fourth-order valence-electron chi connectivity index (χ4n) is 4.89. The third kappa shape index (κ3) is 4.89. The van der Waals surface area contributed by atoms with Crippen LogP contribution in [0, 0.1) is 11.8 Å². The molecule has 29 heavy (non-hydrogen) atoms. The minimum atomic E-state index is -0.912. The fourth-order valence-corrected chi connectivity index (χ4v) is 4.89. The van der Waals surface area contributed by atoms with Crippen LogP contribution in [0.3, 0.4) is 0 Å². The fraction of sp³-hybridized carbons (Fsp3) is 0.583. The first kappa shape index (κ1) is 21.6. The molecule has 1 saturated carbocycles. The van der Waals surface area contributed by atoms with Gasteiger partial charge in [0.1, 0.15) is 5.54 Å². The molecule has 1 fully saturated rings. The van der Waals surface area contributed by atoms with E-state index in [0.717, 1.165) is 32.5 Å². The van der Waals surface area contributed by atoms with E-state index < -0.39 is 5.54 Å². The normalized spacial score (nSPS) is 27.2. The Kier molecular flexibility index (Phi) is 6.18. The molecule has 0 unspecified atom stereocenters. The summed E-state index contributed by atoms with van der Waals surface area (Å²) in [6.45, 7) is 14.0. The standard InChI is InChI=1S/C24H35N3O2/c1-6-18-11-12-21(16-27-14-19-9-7-8-10-20(19)15-27)24(13-18,25-17(2)28)22(29)26-23(3,4)5/h6-10,18,21H,1,11-16H2,2-5H3,(H,25,28)(H,26,29)/t18-,21+,24-/m1/s1. The summed E-state index contributed by atoms with van der Waals surface area (Å²) in [5.74, 6) is 0.0424. The summed E-state index contributed by atoms with van der Waals surface area (Å²) in [5.41, 5.74) is 1.44. The zero-order valence-corrected chi connectivity index (χ0v) is 18.3. The van der Waals surface area contributed by atoms with Crippen molar-refractivity contribution in [1.82, 2.24) is 15.5 Å². The van der Waals surface area contributed by atoms with Crippen LogP contribution in [-0.2, 0) is 22.7 Å². The quantitative estimate of drug-likeness (QED) is 0.749. The van der Waals surface area contributed by atoms with Crippen LogP contribution < -0.4 is 10.6 Å². The Hall–Kier alpha value is -2.14. The predicted octanol–water partition coefficient (Wildman–Crippen LogP) is 3.39. The van der Waals surface area contributed by atoms with Crippen LogP contribution in [0.2, 0.25) is 0 Å². The zero-order valence-electron chi connectivity index (χ0n) is 18.3. The highest BCUT2D eigenvalue weighted by Gasteiger charge is 2.51. The predicted molar refractivity (Wildman–Crippen MR) is 116 cm³/mol. The van der Waals surface area contributed by atoms with Gasteiger partial charge in [0.15, 0.2) is 0 Å². The van der Waals surface area contributed by atoms with Crippen molar-refractivity contribution in [2.45, 2.75) is 71.1 Å². The van der Waals surface area contributed by atoms with Gasteiger partial charge in [0.25, 0.3) is 0 Å². The summed E-state index contributed by atoms with van der Waals surface area (Å²) in [7, 11) is 0. The summed E-state index contributed by atoms with van der Waals surface area (Å²) in [6.07, 6.45) is 4.42. The highest BCUT2D eigenvalue weighted by atomic mass is 16.2. The second-order valence-corrected chi connectivity index (χ2v) is 9.77. The number of hydrogen-bond acceptors (Lipinski definition) is 3. The van der Waals surface area contributed by atoms with E-state index >= 15 is 0 Å². The number of rotatable bonds is 5. The van der Waals surface area contributed by atoms with Crippen LogP contribution in [0.5, 0.6) is 0 Å². The number of benzene rings is 1. The first-order valence-electron chi connectivity index (χ1n) is 10.7. The number of carbonyl (C=O) groups is 2. The first-order chi connectivity index (χ1) is 13.6. The molecule has 1 aromatic rings. The van der Waals surface area contributed by atoms with Crippen LogP contribution in [0.15, 0.2) is 36.9 Å². The van der Waals surface area contributed by atoms with Gasteiger partial charge in [-0.1, -0.05) is 30.3 Å². The van der Waals surface area contributed by atoms with Crippen molar-refractivity contribution in [3.63, 3.8) is 0 Å². The van der Waals surface area contributed by atoms with Gasteiger partial charge in [-0.2, -0.15) is 0 Å². The lowest BCUT2D eigenvalue weighted by Crippen LogP contribution is -2.68. The molecule has 0 bridgehead atoms. The van der Waals surface area contributed by atoms with Crippen LogP contribution in [0.4, 0.5) is 0 Å². The van der Waals surface area contributed by atoms with E-state index in [-0.39, 0.29) is 29.2 Å². The Balaban J connectivity index is 1.88. The number of carbonyl (C=O) groups excluding carboxylic acids is 2. The van der Waals surface area contributed by atoms with Crippen molar-refractivity contribution in [1.29, 1.82) is 0 Å². The summed E-state index contributed by atoms with van der Waals surface area (Å²) in [6, 6.07) is 8.51. The average molecular weight is 398 g/mol. The van der Waals surface area contributed by atoms with Gasteiger partial charge >= 0.3 is 0 Å². The minimum Gasteiger partial charge on any atom is -0.349 e. The lowest BCUT2D eigenvalue weighted by atomic mass is 9.67. The second-order valence-electron chi connectivity index (χ2n) is 9.77. The molecule has 3 atom stereocenters. The number of nitrogens with zero attached hydrogens (tertiary/aromatic N) is 1. The Labute approximate surface area is 174 Å². The zero-order chi connectivity index (χ0) is 21.2. The van der Waals surface area contributed by atoms with E-state index in [1.54, 1.807) is 0 Å². The Morgan fingerprint density at radius 2 is 1.83 bits per heavy atom. The van der Waals surface area contributed by atoms with Crippen molar-refractivity contribution in [3.05, 3.63) is 48.0 Å². The molecule has 1 aliphatic heterocycles. The molecular weight excluding hydrogens is 362 g/mol. The monoisotopic (exact) mass is 397 g/mol. The number of allylic oxidation sites excluding steroid dienone is 1. The Morgan fingerprint density at radius 1 is 1.21 bits per heavy atom. The number of amides is 2. The van der Waals surface area contributed by atoms with Crippen molar-refractivity contribution in [2.24, 2.45) is 11.8 Å². The molecule has 2 amide bonds. The number of fused-ring (bicyclic) bond motifs is 1. The van der Waals surface area contributed by atoms with Gasteiger partial charge in [-0.15, -0.1) is 6.58 Å². The topological polar surface area (TPSA) is 61.4 Å². The molecule has 0 radical (unpaired) electrons. The van der Waals surface area contributed by atoms with Crippen molar-refractivity contribution in [2.75, 3.05) is 6.54 Å². The van der Waals surface area contributed by atoms with E-state index in [1.807, 2.05) is 26.8 Å². The molecule has 0 aromatic heterocycles. The third-order valence-corrected chi connectivity index (χ3v) is 6.18. The van der Waals surface area contributed by atoms with E-state index in [0.29, 0.717) is 6.42 Å². The molecule has 1 aliphatic carbocycles. The van der Waals surface area contributed by atoms with E-state index in [2.05, 4.69) is 46.4 Å². The van der Waals surface area contributed by atoms with Crippen LogP contribution in [0.1, 0.15) is 58.1 Å². The van der Waals surface area contributed by atoms with Crippen molar-refractivity contribution < 1.29 is 9.59 Å². The molecular formula is C24H35N3O2. The minimum absolute atomic E-state index is 0.0549. The molecule has 0 spiro atoms. The average Bonchev–Trinajstić information content (AvgIpc) is 3.03. The van der Waals surface area contributed by atoms with Gasteiger partial charge in [0.05, 0.1) is 0 Å². The van der Waals surface area contributed by atoms with Gasteiger partial charge in [-0.05, 0) is 57.1 Å². The van der Waals surface area contributed by atoms with Gasteiger partial charge < -0.3 is 10.6 Å². The maximum atomic E-state index is 13.6. The van der Waals surface area contributed by atoms with E-state index in [4.69, 9.17) is 0 Å². The number of nitrogens with one attached hydrogen (secondary N) is 2. The van der Waals surface area contributed by atoms with Gasteiger partial charge in [-0.25, -0.2) is 0 Å². The molecule has 1 aromatic carbocycles. The molecule has 5 heteroatoms. The van der Waals surface area contributed by atoms with Gasteiger partial charge in [-0.3, -0.25) is 14.5 Å². The summed E-state index contributed by atoms with van der Waals surface area (Å²) in [4.78, 5) is 28.2. The van der Waals surface area contributed by atoms with Gasteiger partial charge in [0.2, 0.25) is 11.8 Å². The van der Waals surface area contributed by atoms with E-state index in [1.165, 1.54) is 18.1 Å². The molecule has 2 aliphatic rings. The largest absolute Gasteiger partial charge is 0.349 e. The maximum absolute atomic E-state index is 13.6. The van der Waals surface area contributed by atoms with Crippen LogP contribution in [-0.4, -0.2) is 34.3 Å². The van der Waals surface area contributed by atoms with E-state index in [9.17, 15) is 9.59 Å². The Bertz CT molecular complexity index is 758.